The van der Waals surface area contributed by atoms with Gasteiger partial charge in [0.1, 0.15) is 17.3 Å². The van der Waals surface area contributed by atoms with Gasteiger partial charge in [0.15, 0.2) is 5.82 Å². The average Bonchev–Trinajstić information content (AvgIpc) is 3.39. The van der Waals surface area contributed by atoms with Crippen LogP contribution in [0.1, 0.15) is 39.7 Å². The number of aromatic amines is 1. The van der Waals surface area contributed by atoms with Crippen LogP contribution in [0.5, 0.6) is 0 Å². The van der Waals surface area contributed by atoms with Crippen molar-refractivity contribution in [2.75, 3.05) is 5.32 Å². The van der Waals surface area contributed by atoms with E-state index < -0.39 is 5.97 Å². The van der Waals surface area contributed by atoms with Crippen molar-refractivity contribution in [1.29, 1.82) is 0 Å². The maximum atomic E-state index is 12.5. The molecule has 32 heavy (non-hydrogen) atoms. The summed E-state index contributed by atoms with van der Waals surface area (Å²) in [6.07, 6.45) is 0.167. The second kappa shape index (κ2) is 7.34. The Morgan fingerprint density at radius 2 is 2.03 bits per heavy atom. The van der Waals surface area contributed by atoms with Gasteiger partial charge in [-0.05, 0) is 37.3 Å². The molecule has 1 atom stereocenters. The number of H-pyrrole nitrogens is 1. The number of aromatic nitrogens is 4. The van der Waals surface area contributed by atoms with Gasteiger partial charge >= 0.3 is 5.97 Å². The van der Waals surface area contributed by atoms with Crippen molar-refractivity contribution >= 4 is 17.7 Å². The summed E-state index contributed by atoms with van der Waals surface area (Å²) in [4.78, 5) is 35.1. The van der Waals surface area contributed by atoms with Crippen LogP contribution < -0.4 is 10.9 Å². The number of rotatable bonds is 4. The first-order chi connectivity index (χ1) is 15.4. The molecule has 0 aliphatic carbocycles. The number of carboxylic acids is 1. The van der Waals surface area contributed by atoms with Crippen LogP contribution in [0, 0.1) is 6.92 Å². The number of carboxylic acid groups (broad SMARTS) is 1. The summed E-state index contributed by atoms with van der Waals surface area (Å²) >= 11 is 0. The molecule has 1 aromatic carbocycles. The van der Waals surface area contributed by atoms with E-state index in [0.717, 1.165) is 5.56 Å². The smallest absolute Gasteiger partial charge is 0.335 e. The largest absolute Gasteiger partial charge is 0.478 e. The predicted octanol–water partition coefficient (Wildman–Crippen LogP) is 2.70. The van der Waals surface area contributed by atoms with E-state index in [1.807, 2.05) is 6.92 Å². The molecule has 1 amide bonds. The van der Waals surface area contributed by atoms with E-state index in [4.69, 9.17) is 4.42 Å². The number of aryl methyl sites for hydroxylation is 1. The monoisotopic (exact) mass is 431 g/mol. The fourth-order valence-corrected chi connectivity index (χ4v) is 3.91. The van der Waals surface area contributed by atoms with E-state index in [0.29, 0.717) is 34.4 Å². The molecule has 5 rings (SSSR count). The summed E-state index contributed by atoms with van der Waals surface area (Å²) in [5, 5.41) is 23.0. The molecule has 0 radical (unpaired) electrons. The SMILES string of the molecule is Cc1nn(-c2ccc(=O)[nH]n2)c2c1C(c1ccc(-c3cccc(C(=O)O)c3)o1)CC(=O)N2. The molecule has 10 nitrogen and oxygen atoms in total. The fraction of sp³-hybridized carbons (Fsp3) is 0.136. The van der Waals surface area contributed by atoms with Crippen LogP contribution >= 0.6 is 0 Å². The molecule has 0 saturated carbocycles. The van der Waals surface area contributed by atoms with Gasteiger partial charge in [-0.2, -0.15) is 14.9 Å². The summed E-state index contributed by atoms with van der Waals surface area (Å²) in [6.45, 7) is 1.83. The highest BCUT2D eigenvalue weighted by Gasteiger charge is 2.34. The second-order valence-corrected chi connectivity index (χ2v) is 7.43. The Balaban J connectivity index is 1.57. The first-order valence-corrected chi connectivity index (χ1v) is 9.79. The topological polar surface area (TPSA) is 143 Å². The van der Waals surface area contributed by atoms with Gasteiger partial charge < -0.3 is 14.8 Å². The van der Waals surface area contributed by atoms with Crippen molar-refractivity contribution in [3.8, 4) is 17.1 Å². The van der Waals surface area contributed by atoms with Crippen LogP contribution in [0.15, 0.2) is 57.7 Å². The summed E-state index contributed by atoms with van der Waals surface area (Å²) < 4.78 is 7.54. The quantitative estimate of drug-likeness (QED) is 0.451. The number of furan rings is 1. The molecule has 1 aliphatic rings. The van der Waals surface area contributed by atoms with Gasteiger partial charge in [0.05, 0.1) is 17.2 Å². The third kappa shape index (κ3) is 3.27. The van der Waals surface area contributed by atoms with Crippen LogP contribution in [0.4, 0.5) is 5.82 Å². The van der Waals surface area contributed by atoms with Crippen LogP contribution in [0.25, 0.3) is 17.1 Å². The molecule has 1 unspecified atom stereocenters. The number of nitrogens with one attached hydrogen (secondary N) is 2. The molecule has 160 valence electrons. The lowest BCUT2D eigenvalue weighted by atomic mass is 9.90. The van der Waals surface area contributed by atoms with Crippen LogP contribution in [0.2, 0.25) is 0 Å². The van der Waals surface area contributed by atoms with Gasteiger partial charge in [-0.25, -0.2) is 9.89 Å². The number of nitrogens with zero attached hydrogens (tertiary/aromatic N) is 3. The highest BCUT2D eigenvalue weighted by molar-refractivity contribution is 5.95. The van der Waals surface area contributed by atoms with E-state index >= 15 is 0 Å². The van der Waals surface area contributed by atoms with Gasteiger partial charge in [0, 0.05) is 23.6 Å². The van der Waals surface area contributed by atoms with Crippen LogP contribution in [0.3, 0.4) is 0 Å². The number of hydrogen-bond acceptors (Lipinski definition) is 6. The second-order valence-electron chi connectivity index (χ2n) is 7.43. The Morgan fingerprint density at radius 3 is 2.78 bits per heavy atom. The summed E-state index contributed by atoms with van der Waals surface area (Å²) in [5.74, 6) is 0.281. The van der Waals surface area contributed by atoms with E-state index in [2.05, 4.69) is 20.6 Å². The van der Waals surface area contributed by atoms with Crippen molar-refractivity contribution in [3.63, 3.8) is 0 Å². The summed E-state index contributed by atoms with van der Waals surface area (Å²) in [6, 6.07) is 12.8. The van der Waals surface area contributed by atoms with Gasteiger partial charge in [0.25, 0.3) is 5.56 Å². The number of fused-ring (bicyclic) bond motifs is 1. The Kier molecular flexibility index (Phi) is 4.47. The zero-order chi connectivity index (χ0) is 22.4. The van der Waals surface area contributed by atoms with Crippen molar-refractivity contribution in [1.82, 2.24) is 20.0 Å². The molecule has 1 aliphatic heterocycles. The standard InChI is InChI=1S/C22H17N5O5/c1-11-20-14(16-6-5-15(32-16)12-3-2-4-13(9-12)22(30)31)10-19(29)23-21(20)27(26-11)17-7-8-18(28)25-24-17/h2-9,14H,10H2,1H3,(H,23,29)(H,25,28)(H,30,31). The molecule has 4 heterocycles. The number of carbonyl (C=O) groups is 2. The third-order valence-corrected chi connectivity index (χ3v) is 5.35. The van der Waals surface area contributed by atoms with E-state index in [1.54, 1.807) is 24.3 Å². The van der Waals surface area contributed by atoms with Gasteiger partial charge in [-0.15, -0.1) is 0 Å². The minimum absolute atomic E-state index is 0.158. The Bertz CT molecular complexity index is 1410. The molecule has 3 N–H and O–H groups in total. The number of anilines is 1. The molecule has 3 aromatic heterocycles. The van der Waals surface area contributed by atoms with E-state index in [9.17, 15) is 19.5 Å². The van der Waals surface area contributed by atoms with E-state index in [1.165, 1.54) is 28.9 Å². The highest BCUT2D eigenvalue weighted by atomic mass is 16.4. The molecular formula is C22H17N5O5. The molecule has 0 spiro atoms. The number of carbonyl (C=O) groups excluding carboxylic acids is 1. The first kappa shape index (κ1) is 19.5. The van der Waals surface area contributed by atoms with Crippen molar-refractivity contribution in [2.24, 2.45) is 0 Å². The molecule has 4 aromatic rings. The lowest BCUT2D eigenvalue weighted by Gasteiger charge is -2.22. The number of benzene rings is 1. The number of hydrogen-bond donors (Lipinski definition) is 3. The minimum atomic E-state index is -1.02. The predicted molar refractivity (Wildman–Crippen MR) is 113 cm³/mol. The van der Waals surface area contributed by atoms with E-state index in [-0.39, 0.29) is 29.4 Å². The average molecular weight is 431 g/mol. The lowest BCUT2D eigenvalue weighted by Crippen LogP contribution is -2.25. The van der Waals surface area contributed by atoms with Crippen LogP contribution in [-0.4, -0.2) is 37.0 Å². The molecule has 0 bridgehead atoms. The van der Waals surface area contributed by atoms with Crippen molar-refractivity contribution in [2.45, 2.75) is 19.3 Å². The normalized spacial score (nSPS) is 15.3. The van der Waals surface area contributed by atoms with Crippen molar-refractivity contribution in [3.05, 3.63) is 81.5 Å². The fourth-order valence-electron chi connectivity index (χ4n) is 3.91. The maximum Gasteiger partial charge on any atom is 0.335 e. The third-order valence-electron chi connectivity index (χ3n) is 5.35. The summed E-state index contributed by atoms with van der Waals surface area (Å²) in [5.41, 5.74) is 1.91. The lowest BCUT2D eigenvalue weighted by molar-refractivity contribution is -0.116. The number of aromatic carboxylic acids is 1. The van der Waals surface area contributed by atoms with Crippen LogP contribution in [-0.2, 0) is 4.79 Å². The number of amides is 1. The minimum Gasteiger partial charge on any atom is -0.478 e. The van der Waals surface area contributed by atoms with Gasteiger partial charge in [-0.3, -0.25) is 9.59 Å². The zero-order valence-corrected chi connectivity index (χ0v) is 16.8. The van der Waals surface area contributed by atoms with Gasteiger partial charge in [0.2, 0.25) is 5.91 Å². The van der Waals surface area contributed by atoms with Crippen molar-refractivity contribution < 1.29 is 19.1 Å². The molecule has 0 fully saturated rings. The Labute approximate surface area is 180 Å². The molecule has 10 heteroatoms. The van der Waals surface area contributed by atoms with Gasteiger partial charge in [-0.1, -0.05) is 12.1 Å². The first-order valence-electron chi connectivity index (χ1n) is 9.79. The highest BCUT2D eigenvalue weighted by Crippen LogP contribution is 2.41. The molecular weight excluding hydrogens is 414 g/mol. The summed E-state index contributed by atoms with van der Waals surface area (Å²) in [7, 11) is 0. The Hall–Kier alpha value is -4.47. The molecule has 0 saturated heterocycles. The zero-order valence-electron chi connectivity index (χ0n) is 16.8. The maximum absolute atomic E-state index is 12.5. The Morgan fingerprint density at radius 1 is 1.19 bits per heavy atom.